The Balaban J connectivity index is 2.28. The molecule has 116 valence electrons. The molecule has 0 N–H and O–H groups in total. The molecule has 0 fully saturated rings. The molecule has 0 saturated carbocycles. The van der Waals surface area contributed by atoms with Gasteiger partial charge in [-0.3, -0.25) is 4.79 Å². The highest BCUT2D eigenvalue weighted by Gasteiger charge is 2.15. The maximum Gasteiger partial charge on any atom is 0.167 e. The first-order valence-corrected chi connectivity index (χ1v) is 7.46. The van der Waals surface area contributed by atoms with Gasteiger partial charge in [0.05, 0.1) is 25.8 Å². The standard InChI is InChI=1S/C17H17BrO4/c1-20-13-6-4-11(5-7-13)16(19)9-12-8-14(21-2)10-15(18)17(12)22-3/h4-8,10H,9H2,1-3H3. The zero-order valence-corrected chi connectivity index (χ0v) is 14.3. The number of methoxy groups -OCH3 is 3. The molecular weight excluding hydrogens is 348 g/mol. The van der Waals surface area contributed by atoms with E-state index >= 15 is 0 Å². The monoisotopic (exact) mass is 364 g/mol. The minimum Gasteiger partial charge on any atom is -0.497 e. The molecule has 4 nitrogen and oxygen atoms in total. The van der Waals surface area contributed by atoms with Crippen molar-refractivity contribution in [3.63, 3.8) is 0 Å². The SMILES string of the molecule is COc1ccc(C(=O)Cc2cc(OC)cc(Br)c2OC)cc1. The van der Waals surface area contributed by atoms with E-state index in [1.165, 1.54) is 0 Å². The van der Waals surface area contributed by atoms with E-state index in [1.807, 2.05) is 6.07 Å². The Bertz CT molecular complexity index is 665. The van der Waals surface area contributed by atoms with Gasteiger partial charge in [-0.15, -0.1) is 0 Å². The minimum absolute atomic E-state index is 0.00102. The van der Waals surface area contributed by atoms with Crippen molar-refractivity contribution in [3.05, 3.63) is 52.0 Å². The van der Waals surface area contributed by atoms with Gasteiger partial charge < -0.3 is 14.2 Å². The maximum atomic E-state index is 12.4. The van der Waals surface area contributed by atoms with Gasteiger partial charge in [0.25, 0.3) is 0 Å². The zero-order chi connectivity index (χ0) is 16.1. The first kappa shape index (κ1) is 16.4. The lowest BCUT2D eigenvalue weighted by molar-refractivity contribution is 0.0992. The summed E-state index contributed by atoms with van der Waals surface area (Å²) in [4.78, 5) is 12.4. The predicted molar refractivity (Wildman–Crippen MR) is 88.3 cm³/mol. The Morgan fingerprint density at radius 3 is 2.14 bits per heavy atom. The van der Waals surface area contributed by atoms with Crippen LogP contribution in [0, 0.1) is 0 Å². The third-order valence-corrected chi connectivity index (χ3v) is 3.89. The first-order valence-electron chi connectivity index (χ1n) is 6.66. The van der Waals surface area contributed by atoms with E-state index < -0.39 is 0 Å². The molecule has 0 spiro atoms. The fraction of sp³-hybridized carbons (Fsp3) is 0.235. The number of hydrogen-bond acceptors (Lipinski definition) is 4. The molecule has 0 atom stereocenters. The van der Waals surface area contributed by atoms with Gasteiger partial charge >= 0.3 is 0 Å². The van der Waals surface area contributed by atoms with Crippen LogP contribution in [0.25, 0.3) is 0 Å². The summed E-state index contributed by atoms with van der Waals surface area (Å²) in [5.74, 6) is 2.03. The Hall–Kier alpha value is -2.01. The Labute approximate surface area is 138 Å². The number of halogens is 1. The van der Waals surface area contributed by atoms with E-state index in [0.29, 0.717) is 17.1 Å². The van der Waals surface area contributed by atoms with Crippen molar-refractivity contribution in [2.45, 2.75) is 6.42 Å². The molecule has 2 aromatic carbocycles. The Morgan fingerprint density at radius 2 is 1.59 bits per heavy atom. The van der Waals surface area contributed by atoms with Crippen LogP contribution in [-0.2, 0) is 6.42 Å². The highest BCUT2D eigenvalue weighted by Crippen LogP contribution is 2.34. The second-order valence-corrected chi connectivity index (χ2v) is 5.48. The van der Waals surface area contributed by atoms with Gasteiger partial charge in [0.2, 0.25) is 0 Å². The van der Waals surface area contributed by atoms with Gasteiger partial charge in [-0.1, -0.05) is 0 Å². The fourth-order valence-corrected chi connectivity index (χ4v) is 2.79. The largest absolute Gasteiger partial charge is 0.497 e. The summed E-state index contributed by atoms with van der Waals surface area (Å²) < 4.78 is 16.5. The van der Waals surface area contributed by atoms with Gasteiger partial charge in [0.1, 0.15) is 17.2 Å². The number of Topliss-reactive ketones (excluding diaryl/α,β-unsaturated/α-hetero) is 1. The van der Waals surface area contributed by atoms with Crippen molar-refractivity contribution >= 4 is 21.7 Å². The van der Waals surface area contributed by atoms with Gasteiger partial charge in [0, 0.05) is 17.5 Å². The molecule has 0 aliphatic carbocycles. The zero-order valence-electron chi connectivity index (χ0n) is 12.7. The maximum absolute atomic E-state index is 12.4. The van der Waals surface area contributed by atoms with Gasteiger partial charge in [-0.25, -0.2) is 0 Å². The summed E-state index contributed by atoms with van der Waals surface area (Å²) in [6.07, 6.45) is 0.227. The van der Waals surface area contributed by atoms with E-state index in [4.69, 9.17) is 14.2 Å². The van der Waals surface area contributed by atoms with Crippen molar-refractivity contribution in [3.8, 4) is 17.2 Å². The van der Waals surface area contributed by atoms with Crippen molar-refractivity contribution in [2.24, 2.45) is 0 Å². The molecule has 2 rings (SSSR count). The van der Waals surface area contributed by atoms with E-state index in [0.717, 1.165) is 15.8 Å². The molecular formula is C17H17BrO4. The quantitative estimate of drug-likeness (QED) is 0.729. The Kier molecular flexibility index (Phi) is 5.44. The van der Waals surface area contributed by atoms with Crippen LogP contribution >= 0.6 is 15.9 Å². The smallest absolute Gasteiger partial charge is 0.167 e. The van der Waals surface area contributed by atoms with E-state index in [1.54, 1.807) is 51.7 Å². The van der Waals surface area contributed by atoms with Crippen LogP contribution in [0.4, 0.5) is 0 Å². The highest BCUT2D eigenvalue weighted by atomic mass is 79.9. The molecule has 0 aromatic heterocycles. The van der Waals surface area contributed by atoms with E-state index in [2.05, 4.69) is 15.9 Å². The summed E-state index contributed by atoms with van der Waals surface area (Å²) >= 11 is 3.43. The fourth-order valence-electron chi connectivity index (χ4n) is 2.15. The van der Waals surface area contributed by atoms with Crippen LogP contribution in [0.15, 0.2) is 40.9 Å². The van der Waals surface area contributed by atoms with Gasteiger partial charge in [-0.05, 0) is 52.3 Å². The summed E-state index contributed by atoms with van der Waals surface area (Å²) in [5.41, 5.74) is 1.40. The van der Waals surface area contributed by atoms with Crippen molar-refractivity contribution < 1.29 is 19.0 Å². The molecule has 0 bridgehead atoms. The van der Waals surface area contributed by atoms with Crippen LogP contribution < -0.4 is 14.2 Å². The van der Waals surface area contributed by atoms with Crippen LogP contribution in [-0.4, -0.2) is 27.1 Å². The number of rotatable bonds is 6. The molecule has 0 heterocycles. The number of ether oxygens (including phenoxy) is 3. The first-order chi connectivity index (χ1) is 10.6. The van der Waals surface area contributed by atoms with Crippen molar-refractivity contribution in [1.82, 2.24) is 0 Å². The summed E-state index contributed by atoms with van der Waals surface area (Å²) in [6, 6.07) is 10.7. The summed E-state index contributed by atoms with van der Waals surface area (Å²) in [7, 11) is 4.76. The third-order valence-electron chi connectivity index (χ3n) is 3.30. The minimum atomic E-state index is 0.00102. The van der Waals surface area contributed by atoms with Crippen LogP contribution in [0.5, 0.6) is 17.2 Å². The summed E-state index contributed by atoms with van der Waals surface area (Å²) in [5, 5.41) is 0. The molecule has 0 aliphatic rings. The average molecular weight is 365 g/mol. The normalized spacial score (nSPS) is 10.2. The van der Waals surface area contributed by atoms with Crippen LogP contribution in [0.1, 0.15) is 15.9 Å². The molecule has 5 heteroatoms. The average Bonchev–Trinajstić information content (AvgIpc) is 2.54. The molecule has 0 radical (unpaired) electrons. The predicted octanol–water partition coefficient (Wildman–Crippen LogP) is 3.90. The van der Waals surface area contributed by atoms with E-state index in [-0.39, 0.29) is 12.2 Å². The lowest BCUT2D eigenvalue weighted by Gasteiger charge is -2.12. The Morgan fingerprint density at radius 1 is 0.955 bits per heavy atom. The summed E-state index contributed by atoms with van der Waals surface area (Å²) in [6.45, 7) is 0. The third kappa shape index (κ3) is 3.60. The number of carbonyl (C=O) groups is 1. The molecule has 22 heavy (non-hydrogen) atoms. The van der Waals surface area contributed by atoms with Crippen LogP contribution in [0.2, 0.25) is 0 Å². The second kappa shape index (κ2) is 7.31. The van der Waals surface area contributed by atoms with E-state index in [9.17, 15) is 4.79 Å². The molecule has 0 unspecified atom stereocenters. The number of benzene rings is 2. The lowest BCUT2D eigenvalue weighted by atomic mass is 10.0. The molecule has 0 aliphatic heterocycles. The van der Waals surface area contributed by atoms with Gasteiger partial charge in [0.15, 0.2) is 5.78 Å². The van der Waals surface area contributed by atoms with Crippen molar-refractivity contribution in [2.75, 3.05) is 21.3 Å². The molecule has 2 aromatic rings. The number of hydrogen-bond donors (Lipinski definition) is 0. The molecule has 0 amide bonds. The topological polar surface area (TPSA) is 44.8 Å². The number of carbonyl (C=O) groups excluding carboxylic acids is 1. The highest BCUT2D eigenvalue weighted by molar-refractivity contribution is 9.10. The number of ketones is 1. The lowest BCUT2D eigenvalue weighted by Crippen LogP contribution is -2.06. The van der Waals surface area contributed by atoms with Crippen molar-refractivity contribution in [1.29, 1.82) is 0 Å². The molecule has 0 saturated heterocycles. The van der Waals surface area contributed by atoms with Crippen LogP contribution in [0.3, 0.4) is 0 Å². The second-order valence-electron chi connectivity index (χ2n) is 4.63. The van der Waals surface area contributed by atoms with Gasteiger partial charge in [-0.2, -0.15) is 0 Å².